The van der Waals surface area contributed by atoms with Gasteiger partial charge in [-0.25, -0.2) is 4.68 Å². The summed E-state index contributed by atoms with van der Waals surface area (Å²) in [5.74, 6) is 0. The van der Waals surface area contributed by atoms with Crippen molar-refractivity contribution in [3.05, 3.63) is 33.7 Å². The fourth-order valence-electron chi connectivity index (χ4n) is 1.12. The van der Waals surface area contributed by atoms with Crippen LogP contribution in [0.25, 0.3) is 0 Å². The van der Waals surface area contributed by atoms with Gasteiger partial charge in [0.2, 0.25) is 0 Å². The van der Waals surface area contributed by atoms with Crippen LogP contribution in [0.4, 0.5) is 18.9 Å². The summed E-state index contributed by atoms with van der Waals surface area (Å²) in [5, 5.41) is 5.84. The predicted octanol–water partition coefficient (Wildman–Crippen LogP) is 2.45. The van der Waals surface area contributed by atoms with Gasteiger partial charge in [0.25, 0.3) is 5.56 Å². The topological polar surface area (TPSA) is 46.9 Å². The van der Waals surface area contributed by atoms with Gasteiger partial charge in [-0.3, -0.25) is 4.79 Å². The van der Waals surface area contributed by atoms with Crippen molar-refractivity contribution in [3.8, 4) is 0 Å². The molecule has 0 aliphatic carbocycles. The Labute approximate surface area is 106 Å². The fraction of sp³-hybridized carbons (Fsp3) is 0.400. The molecule has 0 radical (unpaired) electrons. The average molecular weight is 282 g/mol. The molecule has 0 spiro atoms. The van der Waals surface area contributed by atoms with Gasteiger partial charge in [-0.15, -0.1) is 0 Å². The van der Waals surface area contributed by atoms with E-state index in [1.54, 1.807) is 6.92 Å². The van der Waals surface area contributed by atoms with E-state index in [0.717, 1.165) is 11.8 Å². The first-order chi connectivity index (χ1) is 8.20. The monoisotopic (exact) mass is 281 g/mol. The summed E-state index contributed by atoms with van der Waals surface area (Å²) in [5.41, 5.74) is -0.0191. The lowest BCUT2D eigenvalue weighted by Crippen LogP contribution is -2.30. The third-order valence-corrected chi connectivity index (χ3v) is 2.26. The van der Waals surface area contributed by atoms with E-state index < -0.39 is 18.3 Å². The molecule has 0 aliphatic heterocycles. The second kappa shape index (κ2) is 5.43. The molecule has 4 nitrogen and oxygen atoms in total. The molecule has 1 heterocycles. The molecule has 0 atom stereocenters. The van der Waals surface area contributed by atoms with E-state index in [9.17, 15) is 18.0 Å². The van der Waals surface area contributed by atoms with Crippen LogP contribution in [0.2, 0.25) is 5.02 Å². The number of alkyl halides is 3. The Kier molecular flexibility index (Phi) is 4.39. The zero-order valence-corrected chi connectivity index (χ0v) is 10.3. The third kappa shape index (κ3) is 4.06. The Hall–Kier alpha value is -1.50. The lowest BCUT2D eigenvalue weighted by molar-refractivity contribution is -0.143. The van der Waals surface area contributed by atoms with E-state index in [2.05, 4.69) is 17.0 Å². The van der Waals surface area contributed by atoms with Crippen LogP contribution in [0.1, 0.15) is 6.92 Å². The summed E-state index contributed by atoms with van der Waals surface area (Å²) in [6, 6.07) is 0. The van der Waals surface area contributed by atoms with E-state index in [1.807, 2.05) is 0 Å². The summed E-state index contributed by atoms with van der Waals surface area (Å²) in [7, 11) is 0. The summed E-state index contributed by atoms with van der Waals surface area (Å²) in [4.78, 5) is 11.5. The second-order valence-electron chi connectivity index (χ2n) is 3.76. The average Bonchev–Trinajstić information content (AvgIpc) is 2.22. The lowest BCUT2D eigenvalue weighted by atomic mass is 10.3. The van der Waals surface area contributed by atoms with Crippen molar-refractivity contribution in [3.63, 3.8) is 0 Å². The fourth-order valence-corrected chi connectivity index (χ4v) is 1.33. The molecule has 0 unspecified atom stereocenters. The first kappa shape index (κ1) is 14.6. The number of halogens is 4. The number of aromatic nitrogens is 2. The molecule has 0 bridgehead atoms. The van der Waals surface area contributed by atoms with E-state index in [-0.39, 0.29) is 15.4 Å². The van der Waals surface area contributed by atoms with Crippen LogP contribution in [-0.4, -0.2) is 22.5 Å². The second-order valence-corrected chi connectivity index (χ2v) is 4.14. The van der Waals surface area contributed by atoms with Crippen molar-refractivity contribution in [2.45, 2.75) is 19.6 Å². The SMILES string of the molecule is C=C(C)CNc1cnn(CC(F)(F)F)c(=O)c1Cl. The van der Waals surface area contributed by atoms with Crippen LogP contribution in [-0.2, 0) is 6.54 Å². The number of hydrogen-bond acceptors (Lipinski definition) is 3. The van der Waals surface area contributed by atoms with Gasteiger partial charge in [-0.05, 0) is 6.92 Å². The minimum Gasteiger partial charge on any atom is -0.379 e. The maximum atomic E-state index is 12.1. The zero-order valence-electron chi connectivity index (χ0n) is 9.51. The lowest BCUT2D eigenvalue weighted by Gasteiger charge is -2.11. The molecule has 1 N–H and O–H groups in total. The van der Waals surface area contributed by atoms with E-state index in [1.165, 1.54) is 0 Å². The first-order valence-corrected chi connectivity index (χ1v) is 5.29. The number of rotatable bonds is 4. The van der Waals surface area contributed by atoms with Gasteiger partial charge >= 0.3 is 6.18 Å². The highest BCUT2D eigenvalue weighted by Crippen LogP contribution is 2.19. The Morgan fingerprint density at radius 2 is 2.22 bits per heavy atom. The molecular weight excluding hydrogens is 271 g/mol. The molecule has 0 saturated carbocycles. The number of anilines is 1. The molecule has 100 valence electrons. The maximum absolute atomic E-state index is 12.1. The van der Waals surface area contributed by atoms with Gasteiger partial charge in [-0.1, -0.05) is 23.8 Å². The van der Waals surface area contributed by atoms with Crippen molar-refractivity contribution < 1.29 is 13.2 Å². The Morgan fingerprint density at radius 1 is 1.61 bits per heavy atom. The number of hydrogen-bond donors (Lipinski definition) is 1. The van der Waals surface area contributed by atoms with Gasteiger partial charge in [0, 0.05) is 6.54 Å². The van der Waals surface area contributed by atoms with E-state index in [4.69, 9.17) is 11.6 Å². The van der Waals surface area contributed by atoms with E-state index in [0.29, 0.717) is 6.54 Å². The van der Waals surface area contributed by atoms with Crippen LogP contribution in [0.5, 0.6) is 0 Å². The summed E-state index contributed by atoms with van der Waals surface area (Å²) in [6.07, 6.45) is -3.44. The van der Waals surface area contributed by atoms with Crippen molar-refractivity contribution in [2.24, 2.45) is 0 Å². The maximum Gasteiger partial charge on any atom is 0.408 e. The van der Waals surface area contributed by atoms with Gasteiger partial charge < -0.3 is 5.32 Å². The van der Waals surface area contributed by atoms with E-state index >= 15 is 0 Å². The summed E-state index contributed by atoms with van der Waals surface area (Å²) < 4.78 is 36.7. The molecule has 18 heavy (non-hydrogen) atoms. The normalized spacial score (nSPS) is 11.4. The van der Waals surface area contributed by atoms with Crippen molar-refractivity contribution >= 4 is 17.3 Å². The molecule has 0 aromatic carbocycles. The largest absolute Gasteiger partial charge is 0.408 e. The molecule has 8 heteroatoms. The molecule has 1 aromatic rings. The quantitative estimate of drug-likeness (QED) is 0.863. The van der Waals surface area contributed by atoms with Gasteiger partial charge in [-0.2, -0.15) is 18.3 Å². The van der Waals surface area contributed by atoms with Crippen molar-refractivity contribution in [1.82, 2.24) is 9.78 Å². The van der Waals surface area contributed by atoms with Crippen molar-refractivity contribution in [1.29, 1.82) is 0 Å². The molecule has 1 rings (SSSR count). The first-order valence-electron chi connectivity index (χ1n) is 4.91. The predicted molar refractivity (Wildman–Crippen MR) is 62.9 cm³/mol. The minimum atomic E-state index is -4.52. The van der Waals surface area contributed by atoms with Crippen LogP contribution < -0.4 is 10.9 Å². The van der Waals surface area contributed by atoms with Crippen LogP contribution in [0, 0.1) is 0 Å². The number of nitrogens with zero attached hydrogens (tertiary/aromatic N) is 2. The van der Waals surface area contributed by atoms with Crippen LogP contribution >= 0.6 is 11.6 Å². The molecule has 0 fully saturated rings. The standard InChI is InChI=1S/C10H11ClF3N3O/c1-6(2)3-15-7-4-16-17(5-10(12,13)14)9(18)8(7)11/h4,15H,1,3,5H2,2H3. The third-order valence-electron chi connectivity index (χ3n) is 1.89. The summed E-state index contributed by atoms with van der Waals surface area (Å²) in [6.45, 7) is 4.26. The Morgan fingerprint density at radius 3 is 2.72 bits per heavy atom. The smallest absolute Gasteiger partial charge is 0.379 e. The van der Waals surface area contributed by atoms with Crippen LogP contribution in [0.3, 0.4) is 0 Å². The highest BCUT2D eigenvalue weighted by molar-refractivity contribution is 6.32. The van der Waals surface area contributed by atoms with Gasteiger partial charge in [0.05, 0.1) is 11.9 Å². The zero-order chi connectivity index (χ0) is 13.9. The minimum absolute atomic E-state index is 0.183. The Balaban J connectivity index is 2.98. The number of nitrogens with one attached hydrogen (secondary N) is 1. The molecular formula is C10H11ClF3N3O. The van der Waals surface area contributed by atoms with Crippen LogP contribution in [0.15, 0.2) is 23.1 Å². The molecule has 0 aliphatic rings. The molecule has 1 aromatic heterocycles. The highest BCUT2D eigenvalue weighted by Gasteiger charge is 2.29. The van der Waals surface area contributed by atoms with Gasteiger partial charge in [0.1, 0.15) is 11.6 Å². The highest BCUT2D eigenvalue weighted by atomic mass is 35.5. The molecule has 0 amide bonds. The van der Waals surface area contributed by atoms with Crippen molar-refractivity contribution in [2.75, 3.05) is 11.9 Å². The Bertz CT molecular complexity index is 510. The summed E-state index contributed by atoms with van der Waals surface area (Å²) >= 11 is 5.68. The van der Waals surface area contributed by atoms with Gasteiger partial charge in [0.15, 0.2) is 0 Å². The molecule has 0 saturated heterocycles.